The van der Waals surface area contributed by atoms with Crippen LogP contribution in [-0.4, -0.2) is 22.4 Å². The normalized spacial score (nSPS) is 16.7. The van der Waals surface area contributed by atoms with Crippen molar-refractivity contribution in [1.29, 1.82) is 0 Å². The third-order valence-corrected chi connectivity index (χ3v) is 2.46. The second-order valence-corrected chi connectivity index (χ2v) is 5.38. The molecule has 0 fully saturated rings. The van der Waals surface area contributed by atoms with Crippen molar-refractivity contribution < 1.29 is 10.2 Å². The molecule has 2 heteroatoms. The molecule has 0 amide bonds. The fourth-order valence-corrected chi connectivity index (χ4v) is 1.52. The Bertz CT molecular complexity index is 138. The molecule has 0 aliphatic heterocycles. The van der Waals surface area contributed by atoms with Crippen LogP contribution in [0.1, 0.15) is 59.8 Å². The maximum absolute atomic E-state index is 9.60. The number of aliphatic hydroxyl groups excluding tert-OH is 2. The van der Waals surface area contributed by atoms with Crippen molar-refractivity contribution in [3.8, 4) is 0 Å². The predicted octanol–water partition coefficient (Wildman–Crippen LogP) is 2.72. The third-order valence-electron chi connectivity index (χ3n) is 2.46. The van der Waals surface area contributed by atoms with E-state index in [1.54, 1.807) is 0 Å². The van der Waals surface area contributed by atoms with Crippen LogP contribution in [0.25, 0.3) is 0 Å². The minimum atomic E-state index is -0.530. The van der Waals surface area contributed by atoms with Crippen molar-refractivity contribution in [3.63, 3.8) is 0 Å². The summed E-state index contributed by atoms with van der Waals surface area (Å²) in [5.41, 5.74) is 0.329. The van der Waals surface area contributed by atoms with Crippen LogP contribution in [-0.2, 0) is 0 Å². The van der Waals surface area contributed by atoms with Crippen LogP contribution < -0.4 is 0 Å². The molecule has 2 unspecified atom stereocenters. The lowest BCUT2D eigenvalue weighted by Gasteiger charge is -2.21. The largest absolute Gasteiger partial charge is 0.390 e. The van der Waals surface area contributed by atoms with Gasteiger partial charge in [0.15, 0.2) is 0 Å². The maximum atomic E-state index is 9.60. The van der Waals surface area contributed by atoms with Crippen LogP contribution in [0.4, 0.5) is 0 Å². The van der Waals surface area contributed by atoms with Crippen molar-refractivity contribution in [2.24, 2.45) is 5.41 Å². The quantitative estimate of drug-likeness (QED) is 0.695. The number of hydrogen-bond acceptors (Lipinski definition) is 2. The van der Waals surface area contributed by atoms with Gasteiger partial charge in [-0.15, -0.1) is 0 Å². The molecule has 2 N–H and O–H groups in total. The fourth-order valence-electron chi connectivity index (χ4n) is 1.52. The molecule has 0 saturated heterocycles. The first-order valence-corrected chi connectivity index (χ1v) is 5.73. The van der Waals surface area contributed by atoms with Crippen LogP contribution in [0.3, 0.4) is 0 Å². The van der Waals surface area contributed by atoms with E-state index in [4.69, 9.17) is 0 Å². The van der Waals surface area contributed by atoms with Crippen LogP contribution in [0, 0.1) is 5.41 Å². The average Bonchev–Trinajstić information content (AvgIpc) is 2.02. The zero-order valence-electron chi connectivity index (χ0n) is 10.1. The molecule has 0 rings (SSSR count). The third kappa shape index (κ3) is 7.34. The summed E-state index contributed by atoms with van der Waals surface area (Å²) >= 11 is 0. The van der Waals surface area contributed by atoms with Gasteiger partial charge in [-0.05, 0) is 24.7 Å². The summed E-state index contributed by atoms with van der Waals surface area (Å²) in [7, 11) is 0. The predicted molar refractivity (Wildman–Crippen MR) is 60.2 cm³/mol. The smallest absolute Gasteiger partial charge is 0.0799 e. The number of hydrogen-bond donors (Lipinski definition) is 2. The zero-order valence-corrected chi connectivity index (χ0v) is 10.1. The molecule has 0 saturated carbocycles. The molecule has 0 aromatic heterocycles. The van der Waals surface area contributed by atoms with E-state index in [1.165, 1.54) is 0 Å². The van der Waals surface area contributed by atoms with E-state index in [-0.39, 0.29) is 0 Å². The van der Waals surface area contributed by atoms with E-state index in [2.05, 4.69) is 20.8 Å². The second kappa shape index (κ2) is 6.41. The Morgan fingerprint density at radius 2 is 1.50 bits per heavy atom. The molecule has 0 aliphatic rings. The lowest BCUT2D eigenvalue weighted by molar-refractivity contribution is 0.00705. The summed E-state index contributed by atoms with van der Waals surface area (Å²) in [6, 6.07) is 0. The summed E-state index contributed by atoms with van der Waals surface area (Å²) in [5, 5.41) is 19.1. The first-order valence-electron chi connectivity index (χ1n) is 5.73. The van der Waals surface area contributed by atoms with Gasteiger partial charge in [0.2, 0.25) is 0 Å². The minimum absolute atomic E-state index is 0.329. The second-order valence-electron chi connectivity index (χ2n) is 5.38. The van der Waals surface area contributed by atoms with Gasteiger partial charge in [0.25, 0.3) is 0 Å². The Kier molecular flexibility index (Phi) is 6.38. The first-order chi connectivity index (χ1) is 6.37. The SMILES string of the molecule is CCCC(O)C(O)CCCC(C)(C)C. The summed E-state index contributed by atoms with van der Waals surface area (Å²) in [5.74, 6) is 0. The van der Waals surface area contributed by atoms with Gasteiger partial charge in [0.05, 0.1) is 12.2 Å². The van der Waals surface area contributed by atoms with Gasteiger partial charge in [-0.2, -0.15) is 0 Å². The lowest BCUT2D eigenvalue weighted by Crippen LogP contribution is -2.25. The van der Waals surface area contributed by atoms with Gasteiger partial charge in [0.1, 0.15) is 0 Å². The summed E-state index contributed by atoms with van der Waals surface area (Å²) in [6.07, 6.45) is 3.39. The monoisotopic (exact) mass is 202 g/mol. The molecule has 0 aliphatic carbocycles. The van der Waals surface area contributed by atoms with Gasteiger partial charge in [-0.25, -0.2) is 0 Å². The minimum Gasteiger partial charge on any atom is -0.390 e. The summed E-state index contributed by atoms with van der Waals surface area (Å²) in [6.45, 7) is 8.61. The molecule has 0 bridgehead atoms. The van der Waals surface area contributed by atoms with E-state index >= 15 is 0 Å². The van der Waals surface area contributed by atoms with Crippen LogP contribution in [0.5, 0.6) is 0 Å². The van der Waals surface area contributed by atoms with Crippen LogP contribution in [0.15, 0.2) is 0 Å². The van der Waals surface area contributed by atoms with E-state index in [0.29, 0.717) is 11.8 Å². The molecular weight excluding hydrogens is 176 g/mol. The maximum Gasteiger partial charge on any atom is 0.0799 e. The molecule has 0 spiro atoms. The number of aliphatic hydroxyl groups is 2. The van der Waals surface area contributed by atoms with E-state index in [0.717, 1.165) is 25.7 Å². The van der Waals surface area contributed by atoms with Crippen molar-refractivity contribution in [3.05, 3.63) is 0 Å². The van der Waals surface area contributed by atoms with Crippen molar-refractivity contribution >= 4 is 0 Å². The Morgan fingerprint density at radius 1 is 1.00 bits per heavy atom. The van der Waals surface area contributed by atoms with Crippen molar-refractivity contribution in [1.82, 2.24) is 0 Å². The van der Waals surface area contributed by atoms with E-state index in [1.807, 2.05) is 6.92 Å². The molecular formula is C12H26O2. The Morgan fingerprint density at radius 3 is 1.93 bits per heavy atom. The highest BCUT2D eigenvalue weighted by molar-refractivity contribution is 4.69. The Hall–Kier alpha value is -0.0800. The van der Waals surface area contributed by atoms with Crippen molar-refractivity contribution in [2.75, 3.05) is 0 Å². The molecule has 2 atom stereocenters. The zero-order chi connectivity index (χ0) is 11.2. The van der Waals surface area contributed by atoms with Gasteiger partial charge in [-0.3, -0.25) is 0 Å². The summed E-state index contributed by atoms with van der Waals surface area (Å²) in [4.78, 5) is 0. The van der Waals surface area contributed by atoms with Gasteiger partial charge in [0, 0.05) is 0 Å². The van der Waals surface area contributed by atoms with E-state index < -0.39 is 12.2 Å². The highest BCUT2D eigenvalue weighted by Crippen LogP contribution is 2.22. The highest BCUT2D eigenvalue weighted by atomic mass is 16.3. The van der Waals surface area contributed by atoms with Crippen LogP contribution in [0.2, 0.25) is 0 Å². The lowest BCUT2D eigenvalue weighted by atomic mass is 9.88. The topological polar surface area (TPSA) is 40.5 Å². The molecule has 86 valence electrons. The van der Waals surface area contributed by atoms with Crippen LogP contribution >= 0.6 is 0 Å². The molecule has 14 heavy (non-hydrogen) atoms. The molecule has 2 nitrogen and oxygen atoms in total. The van der Waals surface area contributed by atoms with Crippen molar-refractivity contribution in [2.45, 2.75) is 72.0 Å². The first kappa shape index (κ1) is 13.9. The van der Waals surface area contributed by atoms with Gasteiger partial charge in [-0.1, -0.05) is 40.5 Å². The fraction of sp³-hybridized carbons (Fsp3) is 1.00. The van der Waals surface area contributed by atoms with Gasteiger partial charge >= 0.3 is 0 Å². The Labute approximate surface area is 88.3 Å². The Balaban J connectivity index is 3.58. The standard InChI is InChI=1S/C12H26O2/c1-5-7-10(13)11(14)8-6-9-12(2,3)4/h10-11,13-14H,5-9H2,1-4H3. The number of rotatable bonds is 6. The molecule has 0 heterocycles. The molecule has 0 aromatic carbocycles. The van der Waals surface area contributed by atoms with Gasteiger partial charge < -0.3 is 10.2 Å². The average molecular weight is 202 g/mol. The molecule has 0 aromatic rings. The summed E-state index contributed by atoms with van der Waals surface area (Å²) < 4.78 is 0. The highest BCUT2D eigenvalue weighted by Gasteiger charge is 2.16. The molecule has 0 radical (unpaired) electrons. The van der Waals surface area contributed by atoms with E-state index in [9.17, 15) is 10.2 Å².